The molecule has 0 radical (unpaired) electrons. The Morgan fingerprint density at radius 1 is 1.04 bits per heavy atom. The van der Waals surface area contributed by atoms with Gasteiger partial charge in [-0.1, -0.05) is 56.3 Å². The minimum atomic E-state index is -0.0444. The lowest BCUT2D eigenvalue weighted by Gasteiger charge is -2.30. The van der Waals surface area contributed by atoms with E-state index in [4.69, 9.17) is 4.74 Å². The van der Waals surface area contributed by atoms with E-state index in [-0.39, 0.29) is 11.9 Å². The first-order chi connectivity index (χ1) is 12.2. The van der Waals surface area contributed by atoms with E-state index in [0.29, 0.717) is 18.7 Å². The molecule has 4 nitrogen and oxygen atoms in total. The first-order valence-electron chi connectivity index (χ1n) is 8.84. The molecule has 0 aliphatic carbocycles. The van der Waals surface area contributed by atoms with Gasteiger partial charge in [-0.2, -0.15) is 0 Å². The van der Waals surface area contributed by atoms with E-state index in [9.17, 15) is 4.79 Å². The predicted octanol–water partition coefficient (Wildman–Crippen LogP) is 3.65. The van der Waals surface area contributed by atoms with Gasteiger partial charge in [-0.15, -0.1) is 0 Å². The highest BCUT2D eigenvalue weighted by Crippen LogP contribution is 2.19. The van der Waals surface area contributed by atoms with Crippen molar-refractivity contribution in [1.82, 2.24) is 10.2 Å². The molecule has 0 saturated carbocycles. The number of rotatable bonds is 9. The van der Waals surface area contributed by atoms with Crippen molar-refractivity contribution in [3.63, 3.8) is 0 Å². The van der Waals surface area contributed by atoms with Crippen LogP contribution in [0.2, 0.25) is 0 Å². The second-order valence-electron chi connectivity index (χ2n) is 5.99. The number of carbonyl (C=O) groups is 1. The summed E-state index contributed by atoms with van der Waals surface area (Å²) in [5, 5.41) is 3.09. The SMILES string of the molecule is CCN(CC)C(CNC(=O)c1ccc(COC)cc1)c1ccccc1. The molecule has 1 amide bonds. The number of benzene rings is 2. The topological polar surface area (TPSA) is 41.6 Å². The average molecular weight is 340 g/mol. The summed E-state index contributed by atoms with van der Waals surface area (Å²) in [7, 11) is 1.66. The first kappa shape index (κ1) is 19.2. The molecule has 2 rings (SSSR count). The van der Waals surface area contributed by atoms with Gasteiger partial charge < -0.3 is 10.1 Å². The van der Waals surface area contributed by atoms with Gasteiger partial charge in [0.25, 0.3) is 5.91 Å². The summed E-state index contributed by atoms with van der Waals surface area (Å²) in [5.41, 5.74) is 2.96. The lowest BCUT2D eigenvalue weighted by molar-refractivity contribution is 0.0935. The maximum atomic E-state index is 12.5. The number of ether oxygens (including phenoxy) is 1. The maximum absolute atomic E-state index is 12.5. The van der Waals surface area contributed by atoms with Crippen LogP contribution in [0.15, 0.2) is 54.6 Å². The molecule has 2 aromatic carbocycles. The summed E-state index contributed by atoms with van der Waals surface area (Å²) >= 11 is 0. The molecule has 1 N–H and O–H groups in total. The number of amides is 1. The van der Waals surface area contributed by atoms with Crippen LogP contribution in [0.25, 0.3) is 0 Å². The van der Waals surface area contributed by atoms with Gasteiger partial charge in [0.1, 0.15) is 0 Å². The molecule has 2 aromatic rings. The van der Waals surface area contributed by atoms with Crippen LogP contribution in [0.3, 0.4) is 0 Å². The summed E-state index contributed by atoms with van der Waals surface area (Å²) in [6.45, 7) is 7.32. The standard InChI is InChI=1S/C21H28N2O2/c1-4-23(5-2)20(18-9-7-6-8-10-18)15-22-21(24)19-13-11-17(12-14-19)16-25-3/h6-14,20H,4-5,15-16H2,1-3H3,(H,22,24). The highest BCUT2D eigenvalue weighted by molar-refractivity contribution is 5.94. The second-order valence-corrected chi connectivity index (χ2v) is 5.99. The van der Waals surface area contributed by atoms with E-state index in [2.05, 4.69) is 36.2 Å². The molecule has 0 aromatic heterocycles. The predicted molar refractivity (Wildman–Crippen MR) is 102 cm³/mol. The van der Waals surface area contributed by atoms with Crippen molar-refractivity contribution in [2.24, 2.45) is 0 Å². The fourth-order valence-corrected chi connectivity index (χ4v) is 3.01. The van der Waals surface area contributed by atoms with Crippen molar-refractivity contribution in [2.75, 3.05) is 26.7 Å². The third-order valence-corrected chi connectivity index (χ3v) is 4.42. The van der Waals surface area contributed by atoms with Gasteiger partial charge in [0.2, 0.25) is 0 Å². The van der Waals surface area contributed by atoms with E-state index in [1.165, 1.54) is 5.56 Å². The van der Waals surface area contributed by atoms with Gasteiger partial charge in [0.15, 0.2) is 0 Å². The molecule has 1 atom stereocenters. The highest BCUT2D eigenvalue weighted by atomic mass is 16.5. The number of nitrogens with zero attached hydrogens (tertiary/aromatic N) is 1. The van der Waals surface area contributed by atoms with Gasteiger partial charge >= 0.3 is 0 Å². The zero-order valence-electron chi connectivity index (χ0n) is 15.4. The minimum absolute atomic E-state index is 0.0444. The summed E-state index contributed by atoms with van der Waals surface area (Å²) in [5.74, 6) is -0.0444. The molecule has 0 bridgehead atoms. The molecule has 134 valence electrons. The van der Waals surface area contributed by atoms with Crippen molar-refractivity contribution in [3.05, 3.63) is 71.3 Å². The Labute approximate surface area is 150 Å². The second kappa shape index (κ2) is 9.97. The minimum Gasteiger partial charge on any atom is -0.380 e. The smallest absolute Gasteiger partial charge is 0.251 e. The van der Waals surface area contributed by atoms with E-state index in [1.807, 2.05) is 42.5 Å². The van der Waals surface area contributed by atoms with Crippen LogP contribution in [0.5, 0.6) is 0 Å². The van der Waals surface area contributed by atoms with Gasteiger partial charge in [-0.3, -0.25) is 9.69 Å². The fourth-order valence-electron chi connectivity index (χ4n) is 3.01. The quantitative estimate of drug-likeness (QED) is 0.758. The van der Waals surface area contributed by atoms with Crippen molar-refractivity contribution in [3.8, 4) is 0 Å². The number of hydrogen-bond donors (Lipinski definition) is 1. The normalized spacial score (nSPS) is 12.2. The zero-order valence-corrected chi connectivity index (χ0v) is 15.4. The fraction of sp³-hybridized carbons (Fsp3) is 0.381. The Bertz CT molecular complexity index is 637. The van der Waals surface area contributed by atoms with Crippen molar-refractivity contribution < 1.29 is 9.53 Å². The molecule has 0 fully saturated rings. The van der Waals surface area contributed by atoms with Crippen LogP contribution in [-0.4, -0.2) is 37.6 Å². The number of likely N-dealkylation sites (N-methyl/N-ethyl adjacent to an activating group) is 1. The number of nitrogens with one attached hydrogen (secondary N) is 1. The molecular weight excluding hydrogens is 312 g/mol. The Morgan fingerprint density at radius 2 is 1.68 bits per heavy atom. The highest BCUT2D eigenvalue weighted by Gasteiger charge is 2.18. The monoisotopic (exact) mass is 340 g/mol. The Hall–Kier alpha value is -2.17. The molecule has 0 spiro atoms. The van der Waals surface area contributed by atoms with Crippen LogP contribution in [0, 0.1) is 0 Å². The van der Waals surface area contributed by atoms with E-state index in [0.717, 1.165) is 18.7 Å². The third-order valence-electron chi connectivity index (χ3n) is 4.42. The molecule has 4 heteroatoms. The molecule has 0 aliphatic rings. The van der Waals surface area contributed by atoms with Crippen molar-refractivity contribution in [2.45, 2.75) is 26.5 Å². The maximum Gasteiger partial charge on any atom is 0.251 e. The Morgan fingerprint density at radius 3 is 2.24 bits per heavy atom. The lowest BCUT2D eigenvalue weighted by Crippen LogP contribution is -2.38. The summed E-state index contributed by atoms with van der Waals surface area (Å²) in [4.78, 5) is 14.8. The number of hydrogen-bond acceptors (Lipinski definition) is 3. The van der Waals surface area contributed by atoms with Crippen molar-refractivity contribution >= 4 is 5.91 Å². The zero-order chi connectivity index (χ0) is 18.1. The van der Waals surface area contributed by atoms with Gasteiger partial charge in [0.05, 0.1) is 12.6 Å². The molecule has 0 saturated heterocycles. The summed E-state index contributed by atoms with van der Waals surface area (Å²) in [6.07, 6.45) is 0. The Balaban J connectivity index is 2.05. The lowest BCUT2D eigenvalue weighted by atomic mass is 10.0. The van der Waals surface area contributed by atoms with Crippen LogP contribution < -0.4 is 5.32 Å². The molecule has 0 heterocycles. The van der Waals surface area contributed by atoms with Crippen molar-refractivity contribution in [1.29, 1.82) is 0 Å². The number of methoxy groups -OCH3 is 1. The molecule has 1 unspecified atom stereocenters. The summed E-state index contributed by atoms with van der Waals surface area (Å²) < 4.78 is 5.10. The van der Waals surface area contributed by atoms with Gasteiger partial charge in [0, 0.05) is 19.2 Å². The van der Waals surface area contributed by atoms with E-state index >= 15 is 0 Å². The van der Waals surface area contributed by atoms with E-state index < -0.39 is 0 Å². The Kier molecular flexibility index (Phi) is 7.64. The van der Waals surface area contributed by atoms with E-state index in [1.54, 1.807) is 7.11 Å². The van der Waals surface area contributed by atoms with Crippen LogP contribution in [0.4, 0.5) is 0 Å². The van der Waals surface area contributed by atoms with Gasteiger partial charge in [-0.05, 0) is 36.3 Å². The average Bonchev–Trinajstić information content (AvgIpc) is 2.66. The first-order valence-corrected chi connectivity index (χ1v) is 8.84. The summed E-state index contributed by atoms with van der Waals surface area (Å²) in [6, 6.07) is 18.1. The van der Waals surface area contributed by atoms with Crippen LogP contribution in [-0.2, 0) is 11.3 Å². The third kappa shape index (κ3) is 5.41. The van der Waals surface area contributed by atoms with Crippen LogP contribution >= 0.6 is 0 Å². The van der Waals surface area contributed by atoms with Gasteiger partial charge in [-0.25, -0.2) is 0 Å². The number of carbonyl (C=O) groups excluding carboxylic acids is 1. The molecular formula is C21H28N2O2. The molecule has 0 aliphatic heterocycles. The van der Waals surface area contributed by atoms with Crippen LogP contribution in [0.1, 0.15) is 41.4 Å². The largest absolute Gasteiger partial charge is 0.380 e. The molecule has 25 heavy (non-hydrogen) atoms.